The van der Waals surface area contributed by atoms with Crippen molar-refractivity contribution in [1.29, 1.82) is 0 Å². The summed E-state index contributed by atoms with van der Waals surface area (Å²) in [5.41, 5.74) is 10.7. The Bertz CT molecular complexity index is 1430. The number of aliphatic carboxylic acids is 1. The summed E-state index contributed by atoms with van der Waals surface area (Å²) >= 11 is 1.41. The van der Waals surface area contributed by atoms with Crippen molar-refractivity contribution in [2.75, 3.05) is 26.2 Å². The normalized spacial score (nSPS) is 34.4. The molecule has 0 radical (unpaired) electrons. The number of aliphatic hydroxyl groups is 1. The lowest BCUT2D eigenvalue weighted by atomic mass is 9.78. The Morgan fingerprint density at radius 2 is 2.09 bits per heavy atom. The number of likely N-dealkylation sites (tertiary alicyclic amines) is 1. The number of tetrazole rings is 1. The summed E-state index contributed by atoms with van der Waals surface area (Å²) in [7, 11) is 0. The van der Waals surface area contributed by atoms with Crippen molar-refractivity contribution in [2.24, 2.45) is 39.6 Å². The molecule has 18 heteroatoms. The van der Waals surface area contributed by atoms with Crippen LogP contribution >= 0.6 is 11.8 Å². The summed E-state index contributed by atoms with van der Waals surface area (Å²) in [5.74, 6) is -2.62. The van der Waals surface area contributed by atoms with E-state index in [1.54, 1.807) is 6.92 Å². The zero-order valence-corrected chi connectivity index (χ0v) is 25.9. The van der Waals surface area contributed by atoms with Crippen LogP contribution in [0.3, 0.4) is 0 Å². The quantitative estimate of drug-likeness (QED) is 0.0862. The van der Waals surface area contributed by atoms with E-state index >= 15 is 0 Å². The first-order chi connectivity index (χ1) is 21.4. The number of aromatic nitrogens is 4. The molecule has 8 N–H and O–H groups in total. The molecule has 2 unspecified atom stereocenters. The molecular weight excluding hydrogens is 606 g/mol. The number of guanidine groups is 1. The maximum atomic E-state index is 13.6. The molecule has 1 aromatic heterocycles. The number of nitrogens with zero attached hydrogens (tertiary/aromatic N) is 7. The first kappa shape index (κ1) is 31.2. The van der Waals surface area contributed by atoms with Gasteiger partial charge in [0, 0.05) is 47.2 Å². The molecule has 3 amide bonds. The zero-order valence-electron chi connectivity index (χ0n) is 25.1. The highest BCUT2D eigenvalue weighted by atomic mass is 32.2. The summed E-state index contributed by atoms with van der Waals surface area (Å²) in [6.45, 7) is 4.97. The van der Waals surface area contributed by atoms with Gasteiger partial charge in [0.25, 0.3) is 0 Å². The highest BCUT2D eigenvalue weighted by Gasteiger charge is 2.61. The number of aliphatic imine (C=N–C) groups is 1. The fourth-order valence-corrected chi connectivity index (χ4v) is 9.54. The Balaban J connectivity index is 1.07. The molecule has 5 aliphatic rings. The fourth-order valence-electron chi connectivity index (χ4n) is 8.06. The number of β-lactam (4-membered cyclic amide) rings is 1. The molecule has 0 spiro atoms. The molecule has 244 valence electrons. The van der Waals surface area contributed by atoms with Crippen LogP contribution in [0.5, 0.6) is 0 Å². The van der Waals surface area contributed by atoms with Gasteiger partial charge < -0.3 is 42.1 Å². The predicted octanol–water partition coefficient (Wildman–Crippen LogP) is -2.71. The molecule has 4 aliphatic heterocycles. The van der Waals surface area contributed by atoms with E-state index in [-0.39, 0.29) is 65.7 Å². The van der Waals surface area contributed by atoms with E-state index in [4.69, 9.17) is 11.5 Å². The number of hydrogen-bond donors (Lipinski definition) is 6. The van der Waals surface area contributed by atoms with E-state index in [2.05, 4.69) is 31.2 Å². The third-order valence-electron chi connectivity index (χ3n) is 10.1. The molecule has 1 saturated carbocycles. The van der Waals surface area contributed by atoms with Crippen LogP contribution in [0.15, 0.2) is 21.9 Å². The Kier molecular flexibility index (Phi) is 8.23. The number of rotatable bonds is 10. The first-order valence-electron chi connectivity index (χ1n) is 15.1. The number of carboxylic acids is 1. The van der Waals surface area contributed by atoms with Crippen LogP contribution in [0.2, 0.25) is 0 Å². The first-order valence-corrected chi connectivity index (χ1v) is 16.0. The molecule has 0 bridgehead atoms. The molecular formula is C27H39N11O6S. The number of carboxylic acid groups (broad SMARTS) is 1. The molecule has 5 heterocycles. The fraction of sp³-hybridized carbons (Fsp3) is 0.704. The number of thioether (sulfide) groups is 1. The van der Waals surface area contributed by atoms with Crippen molar-refractivity contribution < 1.29 is 29.4 Å². The summed E-state index contributed by atoms with van der Waals surface area (Å²) in [5, 5.41) is 37.2. The van der Waals surface area contributed by atoms with Gasteiger partial charge in [-0.15, -0.1) is 16.9 Å². The van der Waals surface area contributed by atoms with E-state index in [9.17, 15) is 29.4 Å². The Hall–Kier alpha value is -3.77. The average Bonchev–Trinajstić information content (AvgIpc) is 3.78. The van der Waals surface area contributed by atoms with Gasteiger partial charge in [-0.2, -0.15) is 0 Å². The van der Waals surface area contributed by atoms with Crippen molar-refractivity contribution in [3.8, 4) is 0 Å². The molecule has 17 nitrogen and oxygen atoms in total. The molecule has 4 fully saturated rings. The van der Waals surface area contributed by atoms with E-state index in [1.807, 2.05) is 11.8 Å². The summed E-state index contributed by atoms with van der Waals surface area (Å²) < 4.78 is 1.27. The number of fused-ring (bicyclic) bond motifs is 2. The van der Waals surface area contributed by atoms with Gasteiger partial charge in [-0.1, -0.05) is 6.92 Å². The molecule has 45 heavy (non-hydrogen) atoms. The van der Waals surface area contributed by atoms with E-state index in [0.29, 0.717) is 43.8 Å². The van der Waals surface area contributed by atoms with Gasteiger partial charge in [0.05, 0.1) is 30.7 Å². The molecule has 0 aromatic carbocycles. The second-order valence-corrected chi connectivity index (χ2v) is 14.3. The minimum atomic E-state index is -1.18. The maximum Gasteiger partial charge on any atom is 0.353 e. The van der Waals surface area contributed by atoms with Crippen molar-refractivity contribution >= 4 is 41.4 Å². The van der Waals surface area contributed by atoms with Crippen LogP contribution in [-0.4, -0.2) is 126 Å². The number of nitrogens with two attached hydrogens (primary N) is 2. The molecule has 6 rings (SSSR count). The second kappa shape index (κ2) is 11.9. The minimum absolute atomic E-state index is 0.0201. The number of aliphatic hydroxyl groups excluding tert-OH is 1. The van der Waals surface area contributed by atoms with Gasteiger partial charge in [-0.05, 0) is 42.5 Å². The summed E-state index contributed by atoms with van der Waals surface area (Å²) in [6, 6.07) is -1.42. The number of carbonyl (C=O) groups excluding carboxylic acids is 3. The van der Waals surface area contributed by atoms with Crippen LogP contribution in [0, 0.1) is 23.2 Å². The Morgan fingerprint density at radius 3 is 2.73 bits per heavy atom. The lowest BCUT2D eigenvalue weighted by Crippen LogP contribution is -2.66. The van der Waals surface area contributed by atoms with E-state index < -0.39 is 35.4 Å². The van der Waals surface area contributed by atoms with Crippen LogP contribution < -0.4 is 22.1 Å². The van der Waals surface area contributed by atoms with Gasteiger partial charge in [-0.25, -0.2) is 9.48 Å². The van der Waals surface area contributed by atoms with Crippen molar-refractivity contribution in [1.82, 2.24) is 40.6 Å². The van der Waals surface area contributed by atoms with Crippen molar-refractivity contribution in [2.45, 2.75) is 69.1 Å². The maximum absolute atomic E-state index is 13.6. The van der Waals surface area contributed by atoms with Crippen molar-refractivity contribution in [3.05, 3.63) is 16.9 Å². The Morgan fingerprint density at radius 1 is 1.31 bits per heavy atom. The summed E-state index contributed by atoms with van der Waals surface area (Å²) in [6.07, 6.45) is 3.15. The van der Waals surface area contributed by atoms with Gasteiger partial charge in [0.15, 0.2) is 5.96 Å². The van der Waals surface area contributed by atoms with E-state index in [1.165, 1.54) is 27.7 Å². The molecule has 3 saturated heterocycles. The van der Waals surface area contributed by atoms with Crippen LogP contribution in [0.25, 0.3) is 0 Å². The minimum Gasteiger partial charge on any atom is -0.477 e. The standard InChI is InChI=1S/C27H39N11O6S/c1-12-20-19(13(2)32-18(40)8-37-11-31-34-35-37)24(42)38(20)21(25(43)44)22(12)45-16-4-17(30-6-16)23(41)36-7-14-3-15(33-26(28)29)5-27(14,9-36)10-39/h11-17,19-20,30,39H,3-10H2,1-2H3,(H,32,40)(H,43,44)(H4,28,29,33)/t12-,13?,14?,15-,16+,17+,19-,20-,27-/m1/s1. The van der Waals surface area contributed by atoms with Gasteiger partial charge in [-0.3, -0.25) is 19.4 Å². The average molecular weight is 646 g/mol. The second-order valence-electron chi connectivity index (χ2n) is 12.9. The number of amides is 3. The lowest BCUT2D eigenvalue weighted by Gasteiger charge is -2.47. The largest absolute Gasteiger partial charge is 0.477 e. The molecule has 1 aliphatic carbocycles. The third-order valence-corrected chi connectivity index (χ3v) is 11.6. The monoisotopic (exact) mass is 645 g/mol. The van der Waals surface area contributed by atoms with Gasteiger partial charge in [0.1, 0.15) is 18.6 Å². The topological polar surface area (TPSA) is 247 Å². The summed E-state index contributed by atoms with van der Waals surface area (Å²) in [4.78, 5) is 59.8. The number of carbonyl (C=O) groups is 4. The van der Waals surface area contributed by atoms with E-state index in [0.717, 1.165) is 0 Å². The smallest absolute Gasteiger partial charge is 0.353 e. The molecule has 1 aromatic rings. The SMILES string of the molecule is CC(NC(=O)Cn1cnnn1)[C@H]1C(=O)N2C(C(=O)O)=C(S[C@@H]3CN[C@H](C(=O)N4CC5C[C@@H](N=C(N)N)C[C@]5(CO)C4)C3)[C@H](C)[C@H]12. The Labute approximate surface area is 263 Å². The van der Waals surface area contributed by atoms with Crippen molar-refractivity contribution in [3.63, 3.8) is 0 Å². The zero-order chi connectivity index (χ0) is 32.2. The predicted molar refractivity (Wildman–Crippen MR) is 160 cm³/mol. The highest BCUT2D eigenvalue weighted by molar-refractivity contribution is 8.03. The highest BCUT2D eigenvalue weighted by Crippen LogP contribution is 2.52. The lowest BCUT2D eigenvalue weighted by molar-refractivity contribution is -0.158. The van der Waals surface area contributed by atoms with Crippen LogP contribution in [-0.2, 0) is 25.7 Å². The number of hydrogen-bond acceptors (Lipinski definition) is 11. The van der Waals surface area contributed by atoms with Gasteiger partial charge >= 0.3 is 5.97 Å². The van der Waals surface area contributed by atoms with Crippen LogP contribution in [0.1, 0.15) is 33.1 Å². The molecule has 9 atom stereocenters. The number of nitrogens with one attached hydrogen (secondary N) is 2. The van der Waals surface area contributed by atoms with Gasteiger partial charge in [0.2, 0.25) is 17.7 Å². The third kappa shape index (κ3) is 5.52. The van der Waals surface area contributed by atoms with Crippen LogP contribution in [0.4, 0.5) is 0 Å².